The standard InChI is InChI=1S/C11H12Cl2N2O4/c1-19-11(16)7-3-4-8(13)10(15(17)18)9(7)14-6-2-5-12/h3-4,14H,2,5-6H2,1H3. The van der Waals surface area contributed by atoms with Gasteiger partial charge in [0.25, 0.3) is 0 Å². The lowest BCUT2D eigenvalue weighted by molar-refractivity contribution is -0.383. The van der Waals surface area contributed by atoms with E-state index in [1.165, 1.54) is 19.2 Å². The lowest BCUT2D eigenvalue weighted by atomic mass is 10.1. The molecule has 0 atom stereocenters. The minimum Gasteiger partial charge on any atom is -0.465 e. The highest BCUT2D eigenvalue weighted by Gasteiger charge is 2.25. The molecule has 0 aliphatic rings. The lowest BCUT2D eigenvalue weighted by Gasteiger charge is -2.11. The number of nitro groups is 1. The van der Waals surface area contributed by atoms with Crippen molar-refractivity contribution in [2.45, 2.75) is 6.42 Å². The predicted octanol–water partition coefficient (Wildman–Crippen LogP) is 3.08. The second-order valence-corrected chi connectivity index (χ2v) is 4.32. The van der Waals surface area contributed by atoms with Crippen LogP contribution in [0, 0.1) is 10.1 Å². The number of nitrogens with zero attached hydrogens (tertiary/aromatic N) is 1. The van der Waals surface area contributed by atoms with Crippen molar-refractivity contribution in [3.63, 3.8) is 0 Å². The van der Waals surface area contributed by atoms with Crippen LogP contribution in [0.15, 0.2) is 12.1 Å². The van der Waals surface area contributed by atoms with Crippen LogP contribution < -0.4 is 5.32 Å². The molecule has 8 heteroatoms. The summed E-state index contributed by atoms with van der Waals surface area (Å²) in [6.45, 7) is 0.384. The minimum absolute atomic E-state index is 0.0500. The number of carbonyl (C=O) groups excluding carboxylic acids is 1. The molecule has 0 saturated heterocycles. The molecule has 0 saturated carbocycles. The Morgan fingerprint density at radius 3 is 2.74 bits per heavy atom. The van der Waals surface area contributed by atoms with E-state index in [1.54, 1.807) is 0 Å². The summed E-state index contributed by atoms with van der Waals surface area (Å²) >= 11 is 11.3. The summed E-state index contributed by atoms with van der Waals surface area (Å²) in [6, 6.07) is 2.67. The normalized spacial score (nSPS) is 10.1. The molecule has 6 nitrogen and oxygen atoms in total. The number of methoxy groups -OCH3 is 1. The number of carbonyl (C=O) groups is 1. The number of rotatable bonds is 6. The smallest absolute Gasteiger partial charge is 0.340 e. The number of esters is 1. The molecule has 0 aliphatic heterocycles. The Bertz CT molecular complexity index is 494. The van der Waals surface area contributed by atoms with Crippen molar-refractivity contribution in [3.8, 4) is 0 Å². The quantitative estimate of drug-likeness (QED) is 0.287. The van der Waals surface area contributed by atoms with Gasteiger partial charge < -0.3 is 10.1 Å². The number of nitrogens with one attached hydrogen (secondary N) is 1. The maximum absolute atomic E-state index is 11.6. The van der Waals surface area contributed by atoms with E-state index in [9.17, 15) is 14.9 Å². The van der Waals surface area contributed by atoms with Crippen molar-refractivity contribution in [2.75, 3.05) is 24.9 Å². The van der Waals surface area contributed by atoms with Crippen molar-refractivity contribution < 1.29 is 14.5 Å². The zero-order valence-electron chi connectivity index (χ0n) is 10.1. The van der Waals surface area contributed by atoms with Crippen LogP contribution in [0.4, 0.5) is 11.4 Å². The van der Waals surface area contributed by atoms with Gasteiger partial charge in [-0.05, 0) is 18.6 Å². The molecule has 19 heavy (non-hydrogen) atoms. The molecule has 104 valence electrons. The predicted molar refractivity (Wildman–Crippen MR) is 73.3 cm³/mol. The third-order valence-electron chi connectivity index (χ3n) is 2.33. The van der Waals surface area contributed by atoms with E-state index < -0.39 is 10.9 Å². The van der Waals surface area contributed by atoms with Gasteiger partial charge in [-0.15, -0.1) is 11.6 Å². The molecular formula is C11H12Cl2N2O4. The molecule has 1 aromatic carbocycles. The molecule has 0 aliphatic carbocycles. The van der Waals surface area contributed by atoms with Crippen LogP contribution in [0.5, 0.6) is 0 Å². The Hall–Kier alpha value is -1.53. The van der Waals surface area contributed by atoms with E-state index in [1.807, 2.05) is 0 Å². The fourth-order valence-corrected chi connectivity index (χ4v) is 1.84. The van der Waals surface area contributed by atoms with Crippen molar-refractivity contribution >= 4 is 40.5 Å². The highest BCUT2D eigenvalue weighted by atomic mass is 35.5. The number of halogens is 2. The molecule has 0 amide bonds. The van der Waals surface area contributed by atoms with E-state index in [-0.39, 0.29) is 22.0 Å². The number of benzene rings is 1. The van der Waals surface area contributed by atoms with Gasteiger partial charge in [0, 0.05) is 12.4 Å². The molecule has 0 radical (unpaired) electrons. The van der Waals surface area contributed by atoms with Gasteiger partial charge in [-0.3, -0.25) is 10.1 Å². The Morgan fingerprint density at radius 2 is 2.21 bits per heavy atom. The van der Waals surface area contributed by atoms with Gasteiger partial charge in [0.15, 0.2) is 0 Å². The van der Waals surface area contributed by atoms with E-state index in [0.29, 0.717) is 18.8 Å². The number of alkyl halides is 1. The van der Waals surface area contributed by atoms with Crippen molar-refractivity contribution in [2.24, 2.45) is 0 Å². The summed E-state index contributed by atoms with van der Waals surface area (Å²) in [5, 5.41) is 13.8. The topological polar surface area (TPSA) is 81.5 Å². The van der Waals surface area contributed by atoms with Crippen LogP contribution >= 0.6 is 23.2 Å². The van der Waals surface area contributed by atoms with Gasteiger partial charge in [0.2, 0.25) is 0 Å². The highest BCUT2D eigenvalue weighted by Crippen LogP contribution is 2.35. The van der Waals surface area contributed by atoms with E-state index in [2.05, 4.69) is 10.1 Å². The summed E-state index contributed by atoms with van der Waals surface area (Å²) < 4.78 is 4.59. The Kier molecular flexibility index (Phi) is 5.85. The number of ether oxygens (including phenoxy) is 1. The van der Waals surface area contributed by atoms with Crippen LogP contribution in [-0.2, 0) is 4.74 Å². The summed E-state index contributed by atoms with van der Waals surface area (Å²) in [5.41, 5.74) is -0.234. The van der Waals surface area contributed by atoms with Crippen molar-refractivity contribution in [1.82, 2.24) is 0 Å². The van der Waals surface area contributed by atoms with E-state index in [4.69, 9.17) is 23.2 Å². The van der Waals surface area contributed by atoms with Crippen LogP contribution in [0.2, 0.25) is 5.02 Å². The lowest BCUT2D eigenvalue weighted by Crippen LogP contribution is -2.12. The first-order valence-electron chi connectivity index (χ1n) is 5.38. The second-order valence-electron chi connectivity index (χ2n) is 3.54. The Labute approximate surface area is 119 Å². The first-order valence-corrected chi connectivity index (χ1v) is 6.29. The molecular weight excluding hydrogens is 295 g/mol. The molecule has 0 unspecified atom stereocenters. The zero-order valence-corrected chi connectivity index (χ0v) is 11.6. The Morgan fingerprint density at radius 1 is 1.53 bits per heavy atom. The second kappa shape index (κ2) is 7.16. The summed E-state index contributed by atoms with van der Waals surface area (Å²) in [7, 11) is 1.20. The Balaban J connectivity index is 3.27. The van der Waals surface area contributed by atoms with E-state index in [0.717, 1.165) is 0 Å². The van der Waals surface area contributed by atoms with E-state index >= 15 is 0 Å². The monoisotopic (exact) mass is 306 g/mol. The van der Waals surface area contributed by atoms with Crippen molar-refractivity contribution in [3.05, 3.63) is 32.8 Å². The van der Waals surface area contributed by atoms with Gasteiger partial charge in [0.05, 0.1) is 17.6 Å². The third kappa shape index (κ3) is 3.71. The first kappa shape index (κ1) is 15.5. The summed E-state index contributed by atoms with van der Waals surface area (Å²) in [5.74, 6) is -0.275. The summed E-state index contributed by atoms with van der Waals surface area (Å²) in [6.07, 6.45) is 0.589. The fraction of sp³-hybridized carbons (Fsp3) is 0.364. The van der Waals surface area contributed by atoms with Crippen molar-refractivity contribution in [1.29, 1.82) is 0 Å². The van der Waals surface area contributed by atoms with Gasteiger partial charge in [0.1, 0.15) is 10.7 Å². The SMILES string of the molecule is COC(=O)c1ccc(Cl)c([N+](=O)[O-])c1NCCCCl. The molecule has 1 rings (SSSR count). The molecule has 0 bridgehead atoms. The van der Waals surface area contributed by atoms with Gasteiger partial charge in [-0.2, -0.15) is 0 Å². The first-order chi connectivity index (χ1) is 9.02. The highest BCUT2D eigenvalue weighted by molar-refractivity contribution is 6.33. The average molecular weight is 307 g/mol. The van der Waals surface area contributed by atoms with Crippen LogP contribution in [0.25, 0.3) is 0 Å². The summed E-state index contributed by atoms with van der Waals surface area (Å²) in [4.78, 5) is 22.0. The fourth-order valence-electron chi connectivity index (χ4n) is 1.48. The number of anilines is 1. The maximum Gasteiger partial charge on any atom is 0.340 e. The van der Waals surface area contributed by atoms with Crippen LogP contribution in [0.1, 0.15) is 16.8 Å². The van der Waals surface area contributed by atoms with Gasteiger partial charge in [-0.1, -0.05) is 11.6 Å². The van der Waals surface area contributed by atoms with Gasteiger partial charge in [-0.25, -0.2) is 4.79 Å². The minimum atomic E-state index is -0.673. The number of hydrogen-bond donors (Lipinski definition) is 1. The molecule has 1 aromatic rings. The number of nitro benzene ring substituents is 1. The number of hydrogen-bond acceptors (Lipinski definition) is 5. The molecule has 0 heterocycles. The molecule has 0 fully saturated rings. The molecule has 0 spiro atoms. The van der Waals surface area contributed by atoms with Crippen LogP contribution in [-0.4, -0.2) is 30.4 Å². The third-order valence-corrected chi connectivity index (χ3v) is 2.90. The van der Waals surface area contributed by atoms with Crippen LogP contribution in [0.3, 0.4) is 0 Å². The molecule has 1 N–H and O–H groups in total. The molecule has 0 aromatic heterocycles. The van der Waals surface area contributed by atoms with Gasteiger partial charge >= 0.3 is 11.7 Å². The zero-order chi connectivity index (χ0) is 14.4. The average Bonchev–Trinajstić information content (AvgIpc) is 2.38. The maximum atomic E-state index is 11.6. The largest absolute Gasteiger partial charge is 0.465 e.